The highest BCUT2D eigenvalue weighted by molar-refractivity contribution is 9.10. The maximum absolute atomic E-state index is 13.9. The van der Waals surface area contributed by atoms with E-state index in [0.29, 0.717) is 5.56 Å². The Morgan fingerprint density at radius 2 is 1.90 bits per heavy atom. The van der Waals surface area contributed by atoms with Crippen molar-refractivity contribution < 1.29 is 4.39 Å². The summed E-state index contributed by atoms with van der Waals surface area (Å²) in [6.45, 7) is 2.01. The Hall–Kier alpha value is -0.870. The number of hydrogen-bond donors (Lipinski definition) is 0. The maximum atomic E-state index is 13.9. The number of anilines is 1. The Kier molecular flexibility index (Phi) is 5.22. The van der Waals surface area contributed by atoms with Crippen LogP contribution in [-0.4, -0.2) is 7.05 Å². The molecule has 0 saturated heterocycles. The minimum absolute atomic E-state index is 0.0322. The van der Waals surface area contributed by atoms with Gasteiger partial charge in [-0.2, -0.15) is 0 Å². The lowest BCUT2D eigenvalue weighted by atomic mass is 10.0. The van der Waals surface area contributed by atoms with E-state index in [4.69, 9.17) is 0 Å². The van der Waals surface area contributed by atoms with Crippen LogP contribution in [-0.2, 0) is 5.33 Å². The van der Waals surface area contributed by atoms with Gasteiger partial charge in [-0.05, 0) is 36.8 Å². The Morgan fingerprint density at radius 1 is 1.20 bits per heavy atom. The van der Waals surface area contributed by atoms with Gasteiger partial charge in [-0.3, -0.25) is 0 Å². The third-order valence-electron chi connectivity index (χ3n) is 3.50. The first-order chi connectivity index (χ1) is 9.54. The van der Waals surface area contributed by atoms with E-state index >= 15 is 0 Å². The average Bonchev–Trinajstić information content (AvgIpc) is 2.46. The quantitative estimate of drug-likeness (QED) is 0.596. The van der Waals surface area contributed by atoms with Crippen molar-refractivity contribution >= 4 is 37.5 Å². The molecular weight excluding hydrogens is 385 g/mol. The molecule has 1 nitrogen and oxygen atoms in total. The molecule has 1 unspecified atom stereocenters. The zero-order valence-electron chi connectivity index (χ0n) is 11.4. The molecule has 0 N–H and O–H groups in total. The van der Waals surface area contributed by atoms with Crippen LogP contribution in [0.15, 0.2) is 46.9 Å². The van der Waals surface area contributed by atoms with Crippen LogP contribution in [0.2, 0.25) is 0 Å². The van der Waals surface area contributed by atoms with Crippen molar-refractivity contribution in [3.8, 4) is 0 Å². The highest BCUT2D eigenvalue weighted by atomic mass is 79.9. The van der Waals surface area contributed by atoms with E-state index in [1.54, 1.807) is 6.07 Å². The van der Waals surface area contributed by atoms with Gasteiger partial charge >= 0.3 is 0 Å². The lowest BCUT2D eigenvalue weighted by Crippen LogP contribution is -2.23. The molecule has 0 aliphatic carbocycles. The van der Waals surface area contributed by atoms with Crippen molar-refractivity contribution in [1.82, 2.24) is 0 Å². The SMILES string of the molecule is CC(c1ccccc1F)N(C)c1ccc(Br)cc1CBr. The molecule has 1 atom stereocenters. The predicted molar refractivity (Wildman–Crippen MR) is 90.0 cm³/mol. The van der Waals surface area contributed by atoms with Crippen LogP contribution in [0.5, 0.6) is 0 Å². The smallest absolute Gasteiger partial charge is 0.128 e. The highest BCUT2D eigenvalue weighted by Crippen LogP contribution is 2.32. The monoisotopic (exact) mass is 399 g/mol. The second-order valence-corrected chi connectivity index (χ2v) is 6.19. The molecule has 0 aliphatic heterocycles. The summed E-state index contributed by atoms with van der Waals surface area (Å²) in [6, 6.07) is 13.0. The summed E-state index contributed by atoms with van der Waals surface area (Å²) in [6.07, 6.45) is 0. The molecule has 0 aromatic heterocycles. The van der Waals surface area contributed by atoms with Crippen molar-refractivity contribution in [2.75, 3.05) is 11.9 Å². The lowest BCUT2D eigenvalue weighted by molar-refractivity contribution is 0.585. The number of rotatable bonds is 4. The molecule has 0 radical (unpaired) electrons. The normalized spacial score (nSPS) is 12.2. The molecule has 106 valence electrons. The fourth-order valence-corrected chi connectivity index (χ4v) is 3.09. The number of alkyl halides is 1. The van der Waals surface area contributed by atoms with Gasteiger partial charge in [-0.15, -0.1) is 0 Å². The Bertz CT molecular complexity index is 601. The number of benzene rings is 2. The highest BCUT2D eigenvalue weighted by Gasteiger charge is 2.17. The third kappa shape index (κ3) is 3.23. The Labute approximate surface area is 136 Å². The molecule has 2 rings (SSSR count). The minimum Gasteiger partial charge on any atom is -0.367 e. The first-order valence-corrected chi connectivity index (χ1v) is 8.27. The van der Waals surface area contributed by atoms with Gasteiger partial charge < -0.3 is 4.90 Å². The van der Waals surface area contributed by atoms with Crippen LogP contribution in [0.25, 0.3) is 0 Å². The van der Waals surface area contributed by atoms with Gasteiger partial charge in [0.15, 0.2) is 0 Å². The molecule has 0 bridgehead atoms. The molecule has 4 heteroatoms. The van der Waals surface area contributed by atoms with E-state index in [0.717, 1.165) is 15.5 Å². The van der Waals surface area contributed by atoms with Crippen LogP contribution in [0, 0.1) is 5.82 Å². The zero-order valence-corrected chi connectivity index (χ0v) is 14.6. The minimum atomic E-state index is -0.163. The topological polar surface area (TPSA) is 3.24 Å². The van der Waals surface area contributed by atoms with Crippen LogP contribution in [0.3, 0.4) is 0 Å². The summed E-state index contributed by atoms with van der Waals surface area (Å²) in [5.41, 5.74) is 2.98. The van der Waals surface area contributed by atoms with Crippen molar-refractivity contribution in [2.45, 2.75) is 18.3 Å². The van der Waals surface area contributed by atoms with Crippen molar-refractivity contribution in [2.24, 2.45) is 0 Å². The largest absolute Gasteiger partial charge is 0.367 e. The molecule has 0 spiro atoms. The molecule has 2 aromatic rings. The van der Waals surface area contributed by atoms with Crippen molar-refractivity contribution in [3.05, 3.63) is 63.9 Å². The van der Waals surface area contributed by atoms with Crippen LogP contribution in [0.1, 0.15) is 24.1 Å². The van der Waals surface area contributed by atoms with Gasteiger partial charge in [0.25, 0.3) is 0 Å². The summed E-state index contributed by atoms with van der Waals surface area (Å²) in [5, 5.41) is 0.760. The average molecular weight is 401 g/mol. The zero-order chi connectivity index (χ0) is 14.7. The second kappa shape index (κ2) is 6.72. The summed E-state index contributed by atoms with van der Waals surface area (Å²) >= 11 is 6.99. The maximum Gasteiger partial charge on any atom is 0.128 e. The fraction of sp³-hybridized carbons (Fsp3) is 0.250. The molecule has 2 aromatic carbocycles. The van der Waals surface area contributed by atoms with E-state index in [1.165, 1.54) is 11.6 Å². The van der Waals surface area contributed by atoms with Crippen LogP contribution < -0.4 is 4.90 Å². The fourth-order valence-electron chi connectivity index (χ4n) is 2.24. The van der Waals surface area contributed by atoms with E-state index < -0.39 is 0 Å². The molecule has 0 saturated carbocycles. The molecular formula is C16H16Br2FN. The summed E-state index contributed by atoms with van der Waals surface area (Å²) in [7, 11) is 1.99. The third-order valence-corrected chi connectivity index (χ3v) is 4.60. The standard InChI is InChI=1S/C16H16Br2FN/c1-11(14-5-3-4-6-15(14)19)20(2)16-8-7-13(18)9-12(16)10-17/h3-9,11H,10H2,1-2H3. The van der Waals surface area contributed by atoms with Crippen molar-refractivity contribution in [3.63, 3.8) is 0 Å². The molecule has 20 heavy (non-hydrogen) atoms. The lowest BCUT2D eigenvalue weighted by Gasteiger charge is -2.29. The van der Waals surface area contributed by atoms with Gasteiger partial charge in [-0.25, -0.2) is 4.39 Å². The van der Waals surface area contributed by atoms with E-state index in [2.05, 4.69) is 48.9 Å². The number of nitrogens with zero attached hydrogens (tertiary/aromatic N) is 1. The van der Waals surface area contributed by atoms with Crippen molar-refractivity contribution in [1.29, 1.82) is 0 Å². The van der Waals surface area contributed by atoms with Crippen LogP contribution in [0.4, 0.5) is 10.1 Å². The van der Waals surface area contributed by atoms with Gasteiger partial charge in [0, 0.05) is 28.1 Å². The molecule has 0 heterocycles. The van der Waals surface area contributed by atoms with Gasteiger partial charge in [-0.1, -0.05) is 50.1 Å². The van der Waals surface area contributed by atoms with E-state index in [-0.39, 0.29) is 11.9 Å². The van der Waals surface area contributed by atoms with Gasteiger partial charge in [0.2, 0.25) is 0 Å². The Morgan fingerprint density at radius 3 is 2.55 bits per heavy atom. The van der Waals surface area contributed by atoms with Crippen LogP contribution >= 0.6 is 31.9 Å². The summed E-state index contributed by atoms with van der Waals surface area (Å²) in [5.74, 6) is -0.163. The van der Waals surface area contributed by atoms with E-state index in [1.807, 2.05) is 32.2 Å². The van der Waals surface area contributed by atoms with Gasteiger partial charge in [0.1, 0.15) is 5.82 Å². The summed E-state index contributed by atoms with van der Waals surface area (Å²) < 4.78 is 15.0. The first-order valence-electron chi connectivity index (χ1n) is 6.36. The number of halogens is 3. The second-order valence-electron chi connectivity index (χ2n) is 4.72. The van der Waals surface area contributed by atoms with Gasteiger partial charge in [0.05, 0.1) is 6.04 Å². The predicted octanol–water partition coefficient (Wildman–Crippen LogP) is 5.68. The molecule has 0 aliphatic rings. The number of hydrogen-bond acceptors (Lipinski definition) is 1. The Balaban J connectivity index is 2.36. The van der Waals surface area contributed by atoms with E-state index in [9.17, 15) is 4.39 Å². The summed E-state index contributed by atoms with van der Waals surface area (Å²) in [4.78, 5) is 2.10. The molecule has 0 amide bonds. The first kappa shape index (κ1) is 15.5. The molecule has 0 fully saturated rings.